The predicted octanol–water partition coefficient (Wildman–Crippen LogP) is 3.62. The Balaban J connectivity index is 1.61. The zero-order chi connectivity index (χ0) is 20.1. The van der Waals surface area contributed by atoms with E-state index in [1.165, 1.54) is 12.5 Å². The van der Waals surface area contributed by atoms with Crippen molar-refractivity contribution in [2.75, 3.05) is 6.61 Å². The van der Waals surface area contributed by atoms with Crippen LogP contribution in [-0.2, 0) is 17.6 Å². The van der Waals surface area contributed by atoms with Crippen LogP contribution in [0.4, 0.5) is 22.0 Å². The molecule has 0 saturated heterocycles. The minimum atomic E-state index is -4.70. The van der Waals surface area contributed by atoms with Crippen LogP contribution in [0.5, 0.6) is 0 Å². The van der Waals surface area contributed by atoms with E-state index in [0.29, 0.717) is 17.8 Å². The lowest BCUT2D eigenvalue weighted by molar-refractivity contribution is -0.159. The Morgan fingerprint density at radius 2 is 1.96 bits per heavy atom. The average Bonchev–Trinajstić information content (AvgIpc) is 3.29. The standard InChI is InChI=1S/C16H12F5N5O2/c17-13(18)8-27-23-5-12-7-26(9-22-12)6-10-1-3-11(4-2-10)14-24-15(28-25-14)16(19,20)21/h1-5,7,9,13H,6,8H2. The quantitative estimate of drug-likeness (QED) is 0.343. The molecule has 7 nitrogen and oxygen atoms in total. The van der Waals surface area contributed by atoms with Crippen molar-refractivity contribution < 1.29 is 31.3 Å². The summed E-state index contributed by atoms with van der Waals surface area (Å²) < 4.78 is 67.3. The third-order valence-corrected chi connectivity index (χ3v) is 3.36. The van der Waals surface area contributed by atoms with Crippen molar-refractivity contribution in [3.8, 4) is 11.4 Å². The lowest BCUT2D eigenvalue weighted by Gasteiger charge is -2.03. The number of imidazole rings is 1. The Labute approximate surface area is 154 Å². The fourth-order valence-corrected chi connectivity index (χ4v) is 2.15. The Bertz CT molecular complexity index is 934. The first kappa shape index (κ1) is 19.5. The van der Waals surface area contributed by atoms with Crippen molar-refractivity contribution in [3.63, 3.8) is 0 Å². The zero-order valence-corrected chi connectivity index (χ0v) is 14.0. The largest absolute Gasteiger partial charge is 0.471 e. The van der Waals surface area contributed by atoms with Crippen molar-refractivity contribution in [1.29, 1.82) is 0 Å². The van der Waals surface area contributed by atoms with Crippen LogP contribution in [0.15, 0.2) is 46.5 Å². The van der Waals surface area contributed by atoms with Crippen molar-refractivity contribution in [2.24, 2.45) is 5.16 Å². The third kappa shape index (κ3) is 5.11. The molecule has 0 aliphatic heterocycles. The van der Waals surface area contributed by atoms with Gasteiger partial charge >= 0.3 is 12.1 Å². The van der Waals surface area contributed by atoms with Gasteiger partial charge in [0.2, 0.25) is 5.82 Å². The molecule has 1 aromatic carbocycles. The van der Waals surface area contributed by atoms with Crippen LogP contribution in [-0.4, -0.2) is 38.9 Å². The van der Waals surface area contributed by atoms with E-state index in [9.17, 15) is 22.0 Å². The van der Waals surface area contributed by atoms with E-state index in [1.54, 1.807) is 35.0 Å². The molecule has 0 amide bonds. The van der Waals surface area contributed by atoms with Gasteiger partial charge in [0.15, 0.2) is 6.61 Å². The lowest BCUT2D eigenvalue weighted by Crippen LogP contribution is -2.04. The number of hydrogen-bond donors (Lipinski definition) is 0. The molecule has 3 rings (SSSR count). The van der Waals surface area contributed by atoms with Crippen LogP contribution in [0.3, 0.4) is 0 Å². The van der Waals surface area contributed by atoms with Crippen molar-refractivity contribution in [2.45, 2.75) is 19.1 Å². The summed E-state index contributed by atoms with van der Waals surface area (Å²) in [5, 5.41) is 6.70. The third-order valence-electron chi connectivity index (χ3n) is 3.36. The summed E-state index contributed by atoms with van der Waals surface area (Å²) >= 11 is 0. The number of hydrogen-bond acceptors (Lipinski definition) is 6. The van der Waals surface area contributed by atoms with Gasteiger partial charge < -0.3 is 13.9 Å². The minimum Gasteiger partial charge on any atom is -0.390 e. The van der Waals surface area contributed by atoms with Gasteiger partial charge in [-0.05, 0) is 5.56 Å². The number of rotatable bonds is 7. The molecule has 0 aliphatic carbocycles. The molecule has 3 aromatic rings. The van der Waals surface area contributed by atoms with E-state index in [1.807, 2.05) is 0 Å². The molecule has 0 N–H and O–H groups in total. The molecule has 28 heavy (non-hydrogen) atoms. The molecule has 2 aromatic heterocycles. The Kier molecular flexibility index (Phi) is 5.66. The van der Waals surface area contributed by atoms with Gasteiger partial charge in [0.1, 0.15) is 5.69 Å². The van der Waals surface area contributed by atoms with E-state index < -0.39 is 25.1 Å². The second-order valence-corrected chi connectivity index (χ2v) is 5.51. The highest BCUT2D eigenvalue weighted by Crippen LogP contribution is 2.29. The van der Waals surface area contributed by atoms with Crippen molar-refractivity contribution >= 4 is 6.21 Å². The molecule has 0 radical (unpaired) electrons. The number of alkyl halides is 5. The molecule has 148 valence electrons. The number of aromatic nitrogens is 4. The van der Waals surface area contributed by atoms with Gasteiger partial charge in [-0.25, -0.2) is 13.8 Å². The van der Waals surface area contributed by atoms with Gasteiger partial charge in [-0.1, -0.05) is 34.6 Å². The average molecular weight is 401 g/mol. The summed E-state index contributed by atoms with van der Waals surface area (Å²) in [7, 11) is 0. The molecule has 2 heterocycles. The molecule has 0 unspecified atom stereocenters. The maximum Gasteiger partial charge on any atom is 0.471 e. The van der Waals surface area contributed by atoms with Crippen LogP contribution in [0.1, 0.15) is 17.1 Å². The van der Waals surface area contributed by atoms with Crippen LogP contribution >= 0.6 is 0 Å². The fourth-order valence-electron chi connectivity index (χ4n) is 2.15. The molecule has 0 aliphatic rings. The van der Waals surface area contributed by atoms with Crippen LogP contribution in [0.2, 0.25) is 0 Å². The molecule has 12 heteroatoms. The van der Waals surface area contributed by atoms with Gasteiger partial charge in [-0.3, -0.25) is 0 Å². The monoisotopic (exact) mass is 401 g/mol. The highest BCUT2D eigenvalue weighted by Gasteiger charge is 2.38. The van der Waals surface area contributed by atoms with Gasteiger partial charge in [-0.15, -0.1) is 0 Å². The maximum atomic E-state index is 12.5. The first-order valence-electron chi connectivity index (χ1n) is 7.77. The highest BCUT2D eigenvalue weighted by molar-refractivity contribution is 5.75. The van der Waals surface area contributed by atoms with Crippen molar-refractivity contribution in [1.82, 2.24) is 19.7 Å². The number of nitrogens with zero attached hydrogens (tertiary/aromatic N) is 5. The molecule has 0 fully saturated rings. The van der Waals surface area contributed by atoms with Gasteiger partial charge in [0, 0.05) is 18.3 Å². The summed E-state index contributed by atoms with van der Waals surface area (Å²) in [5.74, 6) is -1.57. The summed E-state index contributed by atoms with van der Waals surface area (Å²) in [4.78, 5) is 11.7. The summed E-state index contributed by atoms with van der Waals surface area (Å²) in [6.45, 7) is -0.381. The molecule has 0 bridgehead atoms. The highest BCUT2D eigenvalue weighted by atomic mass is 19.4. The molecule has 0 saturated carbocycles. The SMILES string of the molecule is FC(F)CON=Cc1cn(Cc2ccc(-c3noc(C(F)(F)F)n3)cc2)cn1. The fraction of sp³-hybridized carbons (Fsp3) is 0.250. The van der Waals surface area contributed by atoms with Crippen LogP contribution < -0.4 is 0 Å². The summed E-state index contributed by atoms with van der Waals surface area (Å²) in [6.07, 6.45) is -2.96. The van der Waals surface area contributed by atoms with E-state index in [0.717, 1.165) is 5.56 Å². The molecular formula is C16H12F5N5O2. The second-order valence-electron chi connectivity index (χ2n) is 5.51. The van der Waals surface area contributed by atoms with Gasteiger partial charge in [-0.2, -0.15) is 18.2 Å². The van der Waals surface area contributed by atoms with Crippen LogP contribution in [0, 0.1) is 0 Å². The Hall–Kier alpha value is -3.31. The molecule has 0 spiro atoms. The van der Waals surface area contributed by atoms with E-state index >= 15 is 0 Å². The normalized spacial score (nSPS) is 12.2. The number of oxime groups is 1. The first-order chi connectivity index (χ1) is 13.3. The van der Waals surface area contributed by atoms with E-state index in [2.05, 4.69) is 29.6 Å². The van der Waals surface area contributed by atoms with Crippen LogP contribution in [0.25, 0.3) is 11.4 Å². The van der Waals surface area contributed by atoms with E-state index in [4.69, 9.17) is 0 Å². The Morgan fingerprint density at radius 1 is 1.21 bits per heavy atom. The van der Waals surface area contributed by atoms with Crippen molar-refractivity contribution in [3.05, 3.63) is 53.9 Å². The minimum absolute atomic E-state index is 0.163. The van der Waals surface area contributed by atoms with Gasteiger partial charge in [0.25, 0.3) is 6.43 Å². The predicted molar refractivity (Wildman–Crippen MR) is 85.6 cm³/mol. The van der Waals surface area contributed by atoms with Gasteiger partial charge in [0.05, 0.1) is 12.5 Å². The molecule has 0 atom stereocenters. The lowest BCUT2D eigenvalue weighted by atomic mass is 10.1. The summed E-state index contributed by atoms with van der Waals surface area (Å²) in [6, 6.07) is 6.52. The molecular weight excluding hydrogens is 389 g/mol. The first-order valence-corrected chi connectivity index (χ1v) is 7.77. The van der Waals surface area contributed by atoms with E-state index in [-0.39, 0.29) is 5.82 Å². The number of benzene rings is 1. The maximum absolute atomic E-state index is 12.5. The summed E-state index contributed by atoms with van der Waals surface area (Å²) in [5.41, 5.74) is 1.62. The Morgan fingerprint density at radius 3 is 2.61 bits per heavy atom. The number of halogens is 5. The smallest absolute Gasteiger partial charge is 0.390 e. The second kappa shape index (κ2) is 8.15. The topological polar surface area (TPSA) is 78.3 Å². The zero-order valence-electron chi connectivity index (χ0n) is 14.0.